The van der Waals surface area contributed by atoms with E-state index in [1.54, 1.807) is 29.2 Å². The number of nitrogens with zero attached hydrogens (tertiary/aromatic N) is 3. The zero-order valence-corrected chi connectivity index (χ0v) is 20.1. The van der Waals surface area contributed by atoms with Gasteiger partial charge in [0.15, 0.2) is 0 Å². The molecule has 4 rings (SSSR count). The van der Waals surface area contributed by atoms with Crippen molar-refractivity contribution in [3.63, 3.8) is 0 Å². The van der Waals surface area contributed by atoms with Crippen LogP contribution in [-0.4, -0.2) is 45.9 Å². The Morgan fingerprint density at radius 1 is 1.03 bits per heavy atom. The van der Waals surface area contributed by atoms with Gasteiger partial charge in [-0.1, -0.05) is 59.3 Å². The van der Waals surface area contributed by atoms with Gasteiger partial charge >= 0.3 is 0 Å². The minimum Gasteiger partial charge on any atom is -0.349 e. The van der Waals surface area contributed by atoms with Gasteiger partial charge in [-0.15, -0.1) is 10.2 Å². The summed E-state index contributed by atoms with van der Waals surface area (Å²) in [5, 5.41) is 14.3. The van der Waals surface area contributed by atoms with E-state index in [1.165, 1.54) is 0 Å². The molecule has 1 aromatic heterocycles. The quantitative estimate of drug-likeness (QED) is 0.531. The fourth-order valence-electron chi connectivity index (χ4n) is 3.79. The van der Waals surface area contributed by atoms with Crippen LogP contribution in [0.2, 0.25) is 5.02 Å². The van der Waals surface area contributed by atoms with Gasteiger partial charge in [0.25, 0.3) is 11.8 Å². The number of nitrogens with one attached hydrogen (secondary N) is 2. The summed E-state index contributed by atoms with van der Waals surface area (Å²) < 4.78 is 0. The largest absolute Gasteiger partial charge is 0.349 e. The Morgan fingerprint density at radius 2 is 1.74 bits per heavy atom. The molecular weight excluding hydrogens is 474 g/mol. The van der Waals surface area contributed by atoms with Crippen molar-refractivity contribution in [1.82, 2.24) is 20.4 Å². The molecule has 0 spiro atoms. The summed E-state index contributed by atoms with van der Waals surface area (Å²) in [5.41, 5.74) is 1.58. The maximum absolute atomic E-state index is 12.9. The highest BCUT2D eigenvalue weighted by molar-refractivity contribution is 7.15. The van der Waals surface area contributed by atoms with E-state index in [1.807, 2.05) is 37.3 Å². The maximum Gasteiger partial charge on any atom is 0.286 e. The van der Waals surface area contributed by atoms with Crippen molar-refractivity contribution in [3.8, 4) is 0 Å². The second kappa shape index (κ2) is 10.8. The van der Waals surface area contributed by atoms with E-state index in [4.69, 9.17) is 11.6 Å². The molecule has 2 heterocycles. The second-order valence-corrected chi connectivity index (χ2v) is 9.50. The van der Waals surface area contributed by atoms with Crippen LogP contribution in [0.5, 0.6) is 0 Å². The molecule has 3 amide bonds. The maximum atomic E-state index is 12.9. The van der Waals surface area contributed by atoms with E-state index >= 15 is 0 Å². The van der Waals surface area contributed by atoms with Crippen LogP contribution in [0.25, 0.3) is 0 Å². The van der Waals surface area contributed by atoms with Crippen LogP contribution in [-0.2, 0) is 4.79 Å². The fraction of sp³-hybridized carbons (Fsp3) is 0.292. The smallest absolute Gasteiger partial charge is 0.286 e. The standard InChI is InChI=1S/C24H24ClN5O3S/c1-15(16-6-3-2-4-7-16)26-20(31)17-10-12-30(13-11-17)24(33)23-29-28-22(34-23)21(32)27-19-9-5-8-18(25)14-19/h2-9,14-15,17H,10-13H2,1H3,(H,26,31)(H,27,32). The highest BCUT2D eigenvalue weighted by atomic mass is 35.5. The molecular formula is C24H24ClN5O3S. The lowest BCUT2D eigenvalue weighted by Crippen LogP contribution is -2.43. The zero-order valence-electron chi connectivity index (χ0n) is 18.5. The van der Waals surface area contributed by atoms with E-state index < -0.39 is 5.91 Å². The van der Waals surface area contributed by atoms with Crippen molar-refractivity contribution in [2.45, 2.75) is 25.8 Å². The number of amides is 3. The van der Waals surface area contributed by atoms with Crippen LogP contribution in [0.4, 0.5) is 5.69 Å². The Morgan fingerprint density at radius 3 is 2.44 bits per heavy atom. The average Bonchev–Trinajstić information content (AvgIpc) is 3.35. The van der Waals surface area contributed by atoms with Crippen LogP contribution >= 0.6 is 22.9 Å². The Labute approximate surface area is 206 Å². The first kappa shape index (κ1) is 23.8. The lowest BCUT2D eigenvalue weighted by molar-refractivity contribution is -0.127. The molecule has 1 unspecified atom stereocenters. The molecule has 1 aliphatic heterocycles. The third kappa shape index (κ3) is 5.78. The molecule has 3 aromatic rings. The molecule has 1 aliphatic rings. The van der Waals surface area contributed by atoms with Gasteiger partial charge in [-0.2, -0.15) is 0 Å². The van der Waals surface area contributed by atoms with E-state index in [-0.39, 0.29) is 33.8 Å². The normalized spacial score (nSPS) is 14.9. The predicted octanol–water partition coefficient (Wildman–Crippen LogP) is 4.17. The van der Waals surface area contributed by atoms with Crippen LogP contribution in [0.15, 0.2) is 54.6 Å². The van der Waals surface area contributed by atoms with Crippen molar-refractivity contribution in [2.24, 2.45) is 5.92 Å². The van der Waals surface area contributed by atoms with Crippen LogP contribution in [0, 0.1) is 5.92 Å². The van der Waals surface area contributed by atoms with Crippen molar-refractivity contribution >= 4 is 46.3 Å². The van der Waals surface area contributed by atoms with Gasteiger partial charge in [0.05, 0.1) is 6.04 Å². The third-order valence-corrected chi connectivity index (χ3v) is 6.84. The number of halogens is 1. The average molecular weight is 498 g/mol. The number of anilines is 1. The molecule has 1 fully saturated rings. The number of piperidine rings is 1. The van der Waals surface area contributed by atoms with Crippen molar-refractivity contribution in [1.29, 1.82) is 0 Å². The van der Waals surface area contributed by atoms with Gasteiger partial charge in [-0.05, 0) is 43.5 Å². The Hall–Kier alpha value is -3.30. The summed E-state index contributed by atoms with van der Waals surface area (Å²) in [7, 11) is 0. The molecule has 0 saturated carbocycles. The predicted molar refractivity (Wildman–Crippen MR) is 131 cm³/mol. The number of hydrogen-bond acceptors (Lipinski definition) is 6. The number of aromatic nitrogens is 2. The highest BCUT2D eigenvalue weighted by Crippen LogP contribution is 2.23. The molecule has 1 atom stereocenters. The van der Waals surface area contributed by atoms with Gasteiger partial charge in [-0.3, -0.25) is 14.4 Å². The molecule has 8 nitrogen and oxygen atoms in total. The molecule has 0 radical (unpaired) electrons. The lowest BCUT2D eigenvalue weighted by atomic mass is 9.95. The molecule has 1 saturated heterocycles. The number of likely N-dealkylation sites (tertiary alicyclic amines) is 1. The Balaban J connectivity index is 1.29. The minimum atomic E-state index is -0.457. The van der Waals surface area contributed by atoms with Crippen molar-refractivity contribution < 1.29 is 14.4 Å². The summed E-state index contributed by atoms with van der Waals surface area (Å²) in [6.07, 6.45) is 1.14. The summed E-state index contributed by atoms with van der Waals surface area (Å²) >= 11 is 6.88. The SMILES string of the molecule is CC(NC(=O)C1CCN(C(=O)c2nnc(C(=O)Nc3cccc(Cl)c3)s2)CC1)c1ccccc1. The zero-order chi connectivity index (χ0) is 24.1. The van der Waals surface area contributed by atoms with Gasteiger partial charge in [-0.25, -0.2) is 0 Å². The number of hydrogen-bond donors (Lipinski definition) is 2. The van der Waals surface area contributed by atoms with Crippen molar-refractivity contribution in [3.05, 3.63) is 75.2 Å². The van der Waals surface area contributed by atoms with Gasteiger partial charge in [0, 0.05) is 29.7 Å². The second-order valence-electron chi connectivity index (χ2n) is 8.08. The highest BCUT2D eigenvalue weighted by Gasteiger charge is 2.30. The number of benzene rings is 2. The monoisotopic (exact) mass is 497 g/mol. The topological polar surface area (TPSA) is 104 Å². The number of carbonyl (C=O) groups excluding carboxylic acids is 3. The lowest BCUT2D eigenvalue weighted by Gasteiger charge is -2.31. The van der Waals surface area contributed by atoms with E-state index in [0.717, 1.165) is 16.9 Å². The minimum absolute atomic E-state index is 0.000611. The fourth-order valence-corrected chi connectivity index (χ4v) is 4.69. The van der Waals surface area contributed by atoms with Gasteiger partial charge in [0.1, 0.15) is 0 Å². The number of rotatable bonds is 6. The summed E-state index contributed by atoms with van der Waals surface area (Å²) in [5.74, 6) is -0.888. The summed E-state index contributed by atoms with van der Waals surface area (Å²) in [4.78, 5) is 39.6. The molecule has 0 aliphatic carbocycles. The Kier molecular flexibility index (Phi) is 7.54. The van der Waals surface area contributed by atoms with Gasteiger partial charge in [0.2, 0.25) is 15.9 Å². The molecule has 176 valence electrons. The van der Waals surface area contributed by atoms with Crippen LogP contribution in [0.3, 0.4) is 0 Å². The summed E-state index contributed by atoms with van der Waals surface area (Å²) in [6, 6.07) is 16.5. The molecule has 0 bridgehead atoms. The molecule has 2 aromatic carbocycles. The first-order chi connectivity index (χ1) is 16.4. The van der Waals surface area contributed by atoms with Crippen LogP contribution < -0.4 is 10.6 Å². The third-order valence-electron chi connectivity index (χ3n) is 5.70. The number of carbonyl (C=O) groups is 3. The van der Waals surface area contributed by atoms with Crippen LogP contribution in [0.1, 0.15) is 51.0 Å². The first-order valence-electron chi connectivity index (χ1n) is 11.0. The van der Waals surface area contributed by atoms with Crippen molar-refractivity contribution in [2.75, 3.05) is 18.4 Å². The molecule has 10 heteroatoms. The summed E-state index contributed by atoms with van der Waals surface area (Å²) in [6.45, 7) is 2.85. The Bertz CT molecular complexity index is 1180. The van der Waals surface area contributed by atoms with Gasteiger partial charge < -0.3 is 15.5 Å². The molecule has 34 heavy (non-hydrogen) atoms. The molecule has 2 N–H and O–H groups in total. The van der Waals surface area contributed by atoms with E-state index in [9.17, 15) is 14.4 Å². The van der Waals surface area contributed by atoms with E-state index in [2.05, 4.69) is 20.8 Å². The van der Waals surface area contributed by atoms with E-state index in [0.29, 0.717) is 36.6 Å². The first-order valence-corrected chi connectivity index (χ1v) is 12.1.